The highest BCUT2D eigenvalue weighted by molar-refractivity contribution is 5.67. The molecule has 14 heavy (non-hydrogen) atoms. The van der Waals surface area contributed by atoms with Crippen LogP contribution in [0.1, 0.15) is 23.1 Å². The van der Waals surface area contributed by atoms with Crippen molar-refractivity contribution in [2.24, 2.45) is 0 Å². The zero-order valence-corrected chi connectivity index (χ0v) is 8.37. The number of carboxylic acids is 1. The van der Waals surface area contributed by atoms with Crippen LogP contribution in [0, 0.1) is 13.8 Å². The number of benzene rings is 1. The summed E-state index contributed by atoms with van der Waals surface area (Å²) < 4.78 is 0. The second-order valence-corrected chi connectivity index (χ2v) is 3.45. The van der Waals surface area contributed by atoms with Gasteiger partial charge >= 0.3 is 5.97 Å². The van der Waals surface area contributed by atoms with Crippen molar-refractivity contribution in [2.45, 2.75) is 26.7 Å². The van der Waals surface area contributed by atoms with E-state index in [0.717, 1.165) is 16.7 Å². The minimum Gasteiger partial charge on any atom is -0.508 e. The Kier molecular flexibility index (Phi) is 3.12. The fraction of sp³-hybridized carbons (Fsp3) is 0.364. The number of phenolic OH excluding ortho intramolecular Hbond substituents is 1. The molecule has 0 fully saturated rings. The van der Waals surface area contributed by atoms with Gasteiger partial charge in [0, 0.05) is 6.42 Å². The number of aromatic hydroxyl groups is 1. The number of carbonyl (C=O) groups is 1. The summed E-state index contributed by atoms with van der Waals surface area (Å²) in [5.74, 6) is -0.559. The van der Waals surface area contributed by atoms with Crippen molar-refractivity contribution in [3.8, 4) is 5.75 Å². The van der Waals surface area contributed by atoms with Gasteiger partial charge in [-0.25, -0.2) is 0 Å². The molecule has 0 aromatic heterocycles. The maximum atomic E-state index is 10.4. The number of aliphatic carboxylic acids is 1. The second kappa shape index (κ2) is 4.13. The average Bonchev–Trinajstić information content (AvgIpc) is 2.01. The summed E-state index contributed by atoms with van der Waals surface area (Å²) in [7, 11) is 0. The monoisotopic (exact) mass is 194 g/mol. The minimum atomic E-state index is -0.795. The summed E-state index contributed by atoms with van der Waals surface area (Å²) >= 11 is 0. The number of hydrogen-bond donors (Lipinski definition) is 2. The van der Waals surface area contributed by atoms with E-state index in [2.05, 4.69) is 0 Å². The average molecular weight is 194 g/mol. The standard InChI is InChI=1S/C11H14O3/c1-7-5-9(12)6-8(2)10(7)3-4-11(13)14/h5-6,12H,3-4H2,1-2H3,(H,13,14). The smallest absolute Gasteiger partial charge is 0.303 e. The van der Waals surface area contributed by atoms with Gasteiger partial charge in [-0.1, -0.05) is 0 Å². The second-order valence-electron chi connectivity index (χ2n) is 3.45. The highest BCUT2D eigenvalue weighted by atomic mass is 16.4. The minimum absolute atomic E-state index is 0.131. The lowest BCUT2D eigenvalue weighted by Crippen LogP contribution is -2.00. The van der Waals surface area contributed by atoms with E-state index >= 15 is 0 Å². The van der Waals surface area contributed by atoms with E-state index in [1.54, 1.807) is 12.1 Å². The Hall–Kier alpha value is -1.51. The van der Waals surface area contributed by atoms with Gasteiger partial charge < -0.3 is 10.2 Å². The van der Waals surface area contributed by atoms with Crippen LogP contribution in [0.5, 0.6) is 5.75 Å². The Morgan fingerprint density at radius 2 is 1.79 bits per heavy atom. The molecule has 0 spiro atoms. The van der Waals surface area contributed by atoms with Crippen molar-refractivity contribution in [3.05, 3.63) is 28.8 Å². The number of hydrogen-bond acceptors (Lipinski definition) is 2. The van der Waals surface area contributed by atoms with Gasteiger partial charge in [0.05, 0.1) is 0 Å². The molecular formula is C11H14O3. The van der Waals surface area contributed by atoms with Crippen molar-refractivity contribution in [1.82, 2.24) is 0 Å². The molecule has 0 radical (unpaired) electrons. The molecule has 0 bridgehead atoms. The molecule has 76 valence electrons. The Morgan fingerprint density at radius 1 is 1.29 bits per heavy atom. The van der Waals surface area contributed by atoms with Crippen LogP contribution in [0.4, 0.5) is 0 Å². The normalized spacial score (nSPS) is 10.1. The summed E-state index contributed by atoms with van der Waals surface area (Å²) in [5, 5.41) is 17.8. The molecule has 0 aliphatic heterocycles. The van der Waals surface area contributed by atoms with E-state index in [0.29, 0.717) is 6.42 Å². The molecule has 1 aromatic rings. The SMILES string of the molecule is Cc1cc(O)cc(C)c1CCC(=O)O. The maximum absolute atomic E-state index is 10.4. The Balaban J connectivity index is 2.91. The first-order chi connectivity index (χ1) is 6.50. The number of carboxylic acid groups (broad SMARTS) is 1. The molecule has 1 aromatic carbocycles. The molecule has 3 nitrogen and oxygen atoms in total. The Bertz CT molecular complexity index is 333. The van der Waals surface area contributed by atoms with E-state index in [1.807, 2.05) is 13.8 Å². The quantitative estimate of drug-likeness (QED) is 0.774. The van der Waals surface area contributed by atoms with E-state index in [-0.39, 0.29) is 12.2 Å². The van der Waals surface area contributed by atoms with Crippen LogP contribution in [0.25, 0.3) is 0 Å². The van der Waals surface area contributed by atoms with Crippen molar-refractivity contribution in [2.75, 3.05) is 0 Å². The van der Waals surface area contributed by atoms with Crippen LogP contribution < -0.4 is 0 Å². The lowest BCUT2D eigenvalue weighted by Gasteiger charge is -2.08. The first-order valence-electron chi connectivity index (χ1n) is 4.51. The highest BCUT2D eigenvalue weighted by Gasteiger charge is 2.06. The topological polar surface area (TPSA) is 57.5 Å². The van der Waals surface area contributed by atoms with Crippen molar-refractivity contribution >= 4 is 5.97 Å². The molecule has 0 unspecified atom stereocenters. The van der Waals surface area contributed by atoms with Gasteiger partial charge in [-0.05, 0) is 49.1 Å². The van der Waals surface area contributed by atoms with E-state index in [1.165, 1.54) is 0 Å². The zero-order chi connectivity index (χ0) is 10.7. The Morgan fingerprint density at radius 3 is 2.21 bits per heavy atom. The van der Waals surface area contributed by atoms with Gasteiger partial charge in [-0.2, -0.15) is 0 Å². The van der Waals surface area contributed by atoms with Crippen molar-refractivity contribution in [1.29, 1.82) is 0 Å². The van der Waals surface area contributed by atoms with Gasteiger partial charge in [0.15, 0.2) is 0 Å². The summed E-state index contributed by atoms with van der Waals surface area (Å²) in [6.07, 6.45) is 0.653. The lowest BCUT2D eigenvalue weighted by molar-refractivity contribution is -0.136. The maximum Gasteiger partial charge on any atom is 0.303 e. The van der Waals surface area contributed by atoms with E-state index in [9.17, 15) is 9.90 Å². The van der Waals surface area contributed by atoms with Gasteiger partial charge in [0.1, 0.15) is 5.75 Å². The van der Waals surface area contributed by atoms with E-state index < -0.39 is 5.97 Å². The van der Waals surface area contributed by atoms with Crippen molar-refractivity contribution in [3.63, 3.8) is 0 Å². The molecule has 0 atom stereocenters. The van der Waals surface area contributed by atoms with Gasteiger partial charge in [-0.3, -0.25) is 4.79 Å². The molecule has 0 heterocycles. The molecule has 2 N–H and O–H groups in total. The highest BCUT2D eigenvalue weighted by Crippen LogP contribution is 2.21. The fourth-order valence-electron chi connectivity index (χ4n) is 1.60. The third kappa shape index (κ3) is 2.49. The zero-order valence-electron chi connectivity index (χ0n) is 8.37. The summed E-state index contributed by atoms with van der Waals surface area (Å²) in [4.78, 5) is 10.4. The van der Waals surface area contributed by atoms with Crippen LogP contribution >= 0.6 is 0 Å². The predicted octanol–water partition coefficient (Wildman–Crippen LogP) is 2.03. The number of aryl methyl sites for hydroxylation is 2. The van der Waals surface area contributed by atoms with Gasteiger partial charge in [-0.15, -0.1) is 0 Å². The van der Waals surface area contributed by atoms with E-state index in [4.69, 9.17) is 5.11 Å². The predicted molar refractivity (Wildman–Crippen MR) is 53.5 cm³/mol. The summed E-state index contributed by atoms with van der Waals surface area (Å²) in [6.45, 7) is 3.76. The van der Waals surface area contributed by atoms with Crippen LogP contribution in [0.15, 0.2) is 12.1 Å². The van der Waals surface area contributed by atoms with Crippen molar-refractivity contribution < 1.29 is 15.0 Å². The van der Waals surface area contributed by atoms with Crippen LogP contribution in [0.2, 0.25) is 0 Å². The van der Waals surface area contributed by atoms with Crippen LogP contribution in [0.3, 0.4) is 0 Å². The van der Waals surface area contributed by atoms with Crippen LogP contribution in [-0.4, -0.2) is 16.2 Å². The van der Waals surface area contributed by atoms with Gasteiger partial charge in [0.25, 0.3) is 0 Å². The first kappa shape index (κ1) is 10.6. The Labute approximate surface area is 83.0 Å². The molecule has 0 saturated heterocycles. The number of phenols is 1. The third-order valence-corrected chi connectivity index (χ3v) is 2.27. The summed E-state index contributed by atoms with van der Waals surface area (Å²) in [6, 6.07) is 3.31. The summed E-state index contributed by atoms with van der Waals surface area (Å²) in [5.41, 5.74) is 2.91. The fourth-order valence-corrected chi connectivity index (χ4v) is 1.60. The molecule has 0 amide bonds. The molecule has 0 saturated carbocycles. The lowest BCUT2D eigenvalue weighted by atomic mass is 9.98. The van der Waals surface area contributed by atoms with Crippen LogP contribution in [-0.2, 0) is 11.2 Å². The molecular weight excluding hydrogens is 180 g/mol. The molecule has 3 heteroatoms. The largest absolute Gasteiger partial charge is 0.508 e. The van der Waals surface area contributed by atoms with Gasteiger partial charge in [0.2, 0.25) is 0 Å². The number of rotatable bonds is 3. The molecule has 0 aliphatic rings. The molecule has 0 aliphatic carbocycles. The molecule has 1 rings (SSSR count). The first-order valence-corrected chi connectivity index (χ1v) is 4.51. The third-order valence-electron chi connectivity index (χ3n) is 2.27.